The van der Waals surface area contributed by atoms with Crippen molar-refractivity contribution in [3.63, 3.8) is 0 Å². The van der Waals surface area contributed by atoms with Gasteiger partial charge in [-0.1, -0.05) is 211 Å². The van der Waals surface area contributed by atoms with Crippen LogP contribution in [0.5, 0.6) is 0 Å². The smallest absolute Gasteiger partial charge is 0.306 e. The first kappa shape index (κ1) is 66.0. The number of phosphoric acid groups is 1. The summed E-state index contributed by atoms with van der Waals surface area (Å²) in [6.07, 6.45) is 57.8. The molecule has 0 saturated carbocycles. The number of quaternary nitrogens is 1. The van der Waals surface area contributed by atoms with Gasteiger partial charge in [0.2, 0.25) is 5.91 Å². The van der Waals surface area contributed by atoms with Gasteiger partial charge in [-0.05, 0) is 83.1 Å². The van der Waals surface area contributed by atoms with Gasteiger partial charge in [0, 0.05) is 12.8 Å². The lowest BCUT2D eigenvalue weighted by atomic mass is 10.1. The molecule has 0 spiro atoms. The first-order chi connectivity index (χ1) is 32.9. The first-order valence-corrected chi connectivity index (χ1v) is 29.9. The molecule has 1 amide bonds. The van der Waals surface area contributed by atoms with E-state index >= 15 is 0 Å². The van der Waals surface area contributed by atoms with Crippen molar-refractivity contribution in [2.45, 2.75) is 270 Å². The van der Waals surface area contributed by atoms with E-state index in [2.05, 4.69) is 62.5 Å². The van der Waals surface area contributed by atoms with Gasteiger partial charge >= 0.3 is 5.97 Å². The van der Waals surface area contributed by atoms with Crippen molar-refractivity contribution in [2.24, 2.45) is 0 Å². The highest BCUT2D eigenvalue weighted by Crippen LogP contribution is 2.38. The Hall–Kier alpha value is -2.03. The SMILES string of the molecule is CCCCC/C=C/C=C/CCCCCCCCC(=O)OC(/C=C/CCCCCCCCCCC)C(COP(=O)([O-])OCC[N+](C)(C)C)NC(=O)CCCCCCC/C=C/CCCCCCCCC. The second-order valence-electron chi connectivity index (χ2n) is 20.5. The number of hydrogen-bond donors (Lipinski definition) is 1. The lowest BCUT2D eigenvalue weighted by Gasteiger charge is -2.30. The Morgan fingerprint density at radius 3 is 1.37 bits per heavy atom. The fourth-order valence-electron chi connectivity index (χ4n) is 8.04. The number of allylic oxidation sites excluding steroid dienone is 7. The molecule has 0 rings (SSSR count). The predicted molar refractivity (Wildman–Crippen MR) is 289 cm³/mol. The minimum atomic E-state index is -4.69. The second kappa shape index (κ2) is 48.6. The molecule has 398 valence electrons. The zero-order valence-corrected chi connectivity index (χ0v) is 46.2. The molecule has 3 unspecified atom stereocenters. The number of unbranched alkanes of at least 4 members (excludes halogenated alkanes) is 30. The highest BCUT2D eigenvalue weighted by atomic mass is 31.2. The largest absolute Gasteiger partial charge is 0.756 e. The van der Waals surface area contributed by atoms with Crippen molar-refractivity contribution < 1.29 is 37.3 Å². The Morgan fingerprint density at radius 2 is 0.897 bits per heavy atom. The number of ether oxygens (including phenoxy) is 1. The number of carbonyl (C=O) groups is 2. The average molecular weight is 977 g/mol. The topological polar surface area (TPSA) is 114 Å². The van der Waals surface area contributed by atoms with E-state index in [4.69, 9.17) is 13.8 Å². The van der Waals surface area contributed by atoms with Crippen LogP contribution in [-0.2, 0) is 27.9 Å². The van der Waals surface area contributed by atoms with Crippen molar-refractivity contribution in [1.82, 2.24) is 5.32 Å². The van der Waals surface area contributed by atoms with Crippen molar-refractivity contribution in [3.8, 4) is 0 Å². The lowest BCUT2D eigenvalue weighted by molar-refractivity contribution is -0.870. The van der Waals surface area contributed by atoms with Crippen LogP contribution in [0, 0.1) is 0 Å². The summed E-state index contributed by atoms with van der Waals surface area (Å²) in [6, 6.07) is -0.895. The maximum atomic E-state index is 13.5. The third kappa shape index (κ3) is 49.0. The minimum Gasteiger partial charge on any atom is -0.756 e. The zero-order valence-electron chi connectivity index (χ0n) is 45.3. The fourth-order valence-corrected chi connectivity index (χ4v) is 8.76. The standard InChI is InChI=1S/C58H109N2O7P/c1-7-10-13-16-19-22-25-27-29-31-32-35-38-41-44-47-50-57(61)59-55(54-66-68(63,64)65-53-52-60(4,5)6)56(49-46-43-40-37-34-24-21-18-15-12-9-3)67-58(62)51-48-45-42-39-36-33-30-28-26-23-20-17-14-11-8-2/h20,23,26,28-29,31,46,49,55-56H,7-19,21-22,24-25,27,30,32-45,47-48,50-54H2,1-6H3,(H-,59,61,63,64)/b23-20+,28-26+,31-29+,49-46+. The summed E-state index contributed by atoms with van der Waals surface area (Å²) in [5, 5.41) is 3.01. The van der Waals surface area contributed by atoms with Gasteiger partial charge in [0.25, 0.3) is 7.82 Å². The molecule has 9 nitrogen and oxygen atoms in total. The van der Waals surface area contributed by atoms with E-state index in [0.29, 0.717) is 17.4 Å². The number of nitrogens with one attached hydrogen (secondary N) is 1. The van der Waals surface area contributed by atoms with Crippen molar-refractivity contribution in [1.29, 1.82) is 0 Å². The van der Waals surface area contributed by atoms with Crippen LogP contribution in [0.15, 0.2) is 48.6 Å². The summed E-state index contributed by atoms with van der Waals surface area (Å²) in [5.74, 6) is -0.562. The predicted octanol–water partition coefficient (Wildman–Crippen LogP) is 16.3. The summed E-state index contributed by atoms with van der Waals surface area (Å²) in [6.45, 7) is 6.79. The summed E-state index contributed by atoms with van der Waals surface area (Å²) < 4.78 is 30.2. The van der Waals surface area contributed by atoms with Crippen LogP contribution in [-0.4, -0.2) is 69.4 Å². The summed E-state index contributed by atoms with van der Waals surface area (Å²) in [4.78, 5) is 39.8. The highest BCUT2D eigenvalue weighted by molar-refractivity contribution is 7.45. The van der Waals surface area contributed by atoms with Gasteiger partial charge in [-0.3, -0.25) is 14.2 Å². The van der Waals surface area contributed by atoms with Gasteiger partial charge in [0.1, 0.15) is 19.3 Å². The van der Waals surface area contributed by atoms with E-state index in [1.54, 1.807) is 0 Å². The number of likely N-dealkylation sites (N-methyl/N-ethyl adjacent to an activating group) is 1. The summed E-state index contributed by atoms with van der Waals surface area (Å²) >= 11 is 0. The molecule has 0 aromatic rings. The van der Waals surface area contributed by atoms with E-state index in [0.717, 1.165) is 96.3 Å². The normalized spacial score (nSPS) is 14.2. The van der Waals surface area contributed by atoms with E-state index < -0.39 is 26.6 Å². The number of phosphoric ester groups is 1. The molecule has 3 atom stereocenters. The molecule has 0 saturated heterocycles. The van der Waals surface area contributed by atoms with Gasteiger partial charge in [-0.2, -0.15) is 0 Å². The minimum absolute atomic E-state index is 0.0260. The molecule has 0 heterocycles. The molecular formula is C58H109N2O7P. The fraction of sp³-hybridized carbons (Fsp3) is 0.828. The van der Waals surface area contributed by atoms with Gasteiger partial charge < -0.3 is 28.5 Å². The Labute approximate surface area is 420 Å². The van der Waals surface area contributed by atoms with Gasteiger partial charge in [-0.15, -0.1) is 0 Å². The van der Waals surface area contributed by atoms with Crippen LogP contribution >= 0.6 is 7.82 Å². The van der Waals surface area contributed by atoms with Crippen LogP contribution in [0.4, 0.5) is 0 Å². The van der Waals surface area contributed by atoms with Gasteiger partial charge in [0.05, 0.1) is 33.8 Å². The number of carbonyl (C=O) groups excluding carboxylic acids is 2. The number of amides is 1. The molecule has 0 aliphatic carbocycles. The van der Waals surface area contributed by atoms with Crippen LogP contribution in [0.1, 0.15) is 258 Å². The Kier molecular flexibility index (Phi) is 47.1. The quantitative estimate of drug-likeness (QED) is 0.0161. The third-order valence-corrected chi connectivity index (χ3v) is 13.5. The van der Waals surface area contributed by atoms with Crippen molar-refractivity contribution in [2.75, 3.05) is 40.9 Å². The maximum Gasteiger partial charge on any atom is 0.306 e. The van der Waals surface area contributed by atoms with Crippen LogP contribution in [0.25, 0.3) is 0 Å². The monoisotopic (exact) mass is 977 g/mol. The molecule has 0 aromatic carbocycles. The van der Waals surface area contributed by atoms with E-state index in [1.165, 1.54) is 128 Å². The molecule has 0 aliphatic rings. The molecule has 0 aliphatic heterocycles. The van der Waals surface area contributed by atoms with Crippen LogP contribution in [0.2, 0.25) is 0 Å². The van der Waals surface area contributed by atoms with Crippen LogP contribution < -0.4 is 10.2 Å². The molecule has 0 fully saturated rings. The molecule has 0 bridgehead atoms. The number of hydrogen-bond acceptors (Lipinski definition) is 7. The Morgan fingerprint density at radius 1 is 0.515 bits per heavy atom. The third-order valence-electron chi connectivity index (χ3n) is 12.5. The Balaban J connectivity index is 5.36. The molecule has 10 heteroatoms. The number of esters is 1. The van der Waals surface area contributed by atoms with E-state index in [9.17, 15) is 19.0 Å². The van der Waals surface area contributed by atoms with Gasteiger partial charge in [0.15, 0.2) is 0 Å². The molecular weight excluding hydrogens is 868 g/mol. The maximum absolute atomic E-state index is 13.5. The van der Waals surface area contributed by atoms with E-state index in [-0.39, 0.29) is 24.9 Å². The second-order valence-corrected chi connectivity index (χ2v) is 21.9. The first-order valence-electron chi connectivity index (χ1n) is 28.5. The summed E-state index contributed by atoms with van der Waals surface area (Å²) in [5.41, 5.74) is 0. The number of nitrogens with zero attached hydrogens (tertiary/aromatic N) is 1. The lowest BCUT2D eigenvalue weighted by Crippen LogP contribution is -2.47. The molecule has 0 radical (unpaired) electrons. The number of rotatable bonds is 51. The summed E-state index contributed by atoms with van der Waals surface area (Å²) in [7, 11) is 1.17. The van der Waals surface area contributed by atoms with Gasteiger partial charge in [-0.25, -0.2) is 0 Å². The van der Waals surface area contributed by atoms with E-state index in [1.807, 2.05) is 33.3 Å². The van der Waals surface area contributed by atoms with Crippen LogP contribution in [0.3, 0.4) is 0 Å². The zero-order chi connectivity index (χ0) is 50.1. The molecule has 68 heavy (non-hydrogen) atoms. The van der Waals surface area contributed by atoms with Crippen molar-refractivity contribution >= 4 is 19.7 Å². The molecule has 1 N–H and O–H groups in total. The van der Waals surface area contributed by atoms with Crippen molar-refractivity contribution in [3.05, 3.63) is 48.6 Å². The highest BCUT2D eigenvalue weighted by Gasteiger charge is 2.27. The Bertz CT molecular complexity index is 1310. The average Bonchev–Trinajstić information content (AvgIpc) is 3.29. The molecule has 0 aromatic heterocycles.